The Kier molecular flexibility index (Phi) is 57.8. The second kappa shape index (κ2) is 60.5. The van der Waals surface area contributed by atoms with E-state index in [0.717, 1.165) is 167 Å². The molecular formula is C67H114O16P2. The van der Waals surface area contributed by atoms with Gasteiger partial charge in [-0.1, -0.05) is 214 Å². The van der Waals surface area contributed by atoms with E-state index in [4.69, 9.17) is 32.3 Å². The molecule has 0 aliphatic rings. The number of aliphatic hydroxyl groups excluding tert-OH is 2. The highest BCUT2D eigenvalue weighted by molar-refractivity contribution is 7.47. The summed E-state index contributed by atoms with van der Waals surface area (Å²) in [6.45, 7) is 2.33. The fraction of sp³-hybridized carbons (Fsp3) is 0.687. The number of unbranched alkanes of at least 4 members (excludes halogenated alkanes) is 19. The van der Waals surface area contributed by atoms with Crippen molar-refractivity contribution in [2.45, 2.75) is 257 Å². The fourth-order valence-corrected chi connectivity index (χ4v) is 9.65. The van der Waals surface area contributed by atoms with Gasteiger partial charge in [-0.15, -0.1) is 0 Å². The molecule has 0 aliphatic carbocycles. The molecular weight excluding hydrogens is 1120 g/mol. The first-order valence-electron chi connectivity index (χ1n) is 32.2. The number of ether oxygens (including phenoxy) is 3. The number of carbonyl (C=O) groups is 3. The van der Waals surface area contributed by atoms with Crippen LogP contribution in [-0.4, -0.2) is 95.9 Å². The smallest absolute Gasteiger partial charge is 0.463 e. The molecule has 85 heavy (non-hydrogen) atoms. The Morgan fingerprint density at radius 3 is 1.00 bits per heavy atom. The lowest BCUT2D eigenvalue weighted by atomic mass is 10.1. The molecule has 18 heteroatoms. The van der Waals surface area contributed by atoms with E-state index in [1.807, 2.05) is 0 Å². The maximum atomic E-state index is 12.8. The molecule has 0 heterocycles. The summed E-state index contributed by atoms with van der Waals surface area (Å²) in [5.41, 5.74) is 0. The van der Waals surface area contributed by atoms with Gasteiger partial charge in [0.1, 0.15) is 25.4 Å². The molecule has 5 atom stereocenters. The number of rotatable bonds is 60. The number of allylic oxidation sites excluding steroid dienone is 18. The van der Waals surface area contributed by atoms with Crippen LogP contribution < -0.4 is 0 Å². The number of hydrogen-bond donors (Lipinski definition) is 4. The highest BCUT2D eigenvalue weighted by atomic mass is 31.2. The Bertz CT molecular complexity index is 1990. The number of esters is 3. The zero-order chi connectivity index (χ0) is 62.4. The molecule has 4 N–H and O–H groups in total. The van der Waals surface area contributed by atoms with Crippen LogP contribution in [0.2, 0.25) is 0 Å². The molecule has 0 aliphatic heterocycles. The van der Waals surface area contributed by atoms with Crippen molar-refractivity contribution in [2.75, 3.05) is 39.6 Å². The van der Waals surface area contributed by atoms with E-state index in [1.165, 1.54) is 12.8 Å². The molecule has 0 saturated carbocycles. The monoisotopic (exact) mass is 1240 g/mol. The van der Waals surface area contributed by atoms with Crippen molar-refractivity contribution in [2.24, 2.45) is 0 Å². The third-order valence-corrected chi connectivity index (χ3v) is 14.9. The summed E-state index contributed by atoms with van der Waals surface area (Å²) in [4.78, 5) is 58.1. The van der Waals surface area contributed by atoms with Crippen LogP contribution in [0.3, 0.4) is 0 Å². The summed E-state index contributed by atoms with van der Waals surface area (Å²) < 4.78 is 60.7. The van der Waals surface area contributed by atoms with E-state index in [2.05, 4.69) is 130 Å². The summed E-state index contributed by atoms with van der Waals surface area (Å²) in [7, 11) is -9.78. The first kappa shape index (κ1) is 81.2. The number of carbonyl (C=O) groups excluding carboxylic acids is 3. The van der Waals surface area contributed by atoms with Gasteiger partial charge >= 0.3 is 33.6 Å². The van der Waals surface area contributed by atoms with Gasteiger partial charge in [0.25, 0.3) is 0 Å². The summed E-state index contributed by atoms with van der Waals surface area (Å²) in [5, 5.41) is 20.5. The molecule has 0 bridgehead atoms. The van der Waals surface area contributed by atoms with Crippen LogP contribution in [0.5, 0.6) is 0 Å². The average Bonchev–Trinajstić information content (AvgIpc) is 3.60. The number of phosphoric acid groups is 2. The van der Waals surface area contributed by atoms with Gasteiger partial charge in [0.05, 0.1) is 26.4 Å². The van der Waals surface area contributed by atoms with Crippen molar-refractivity contribution in [3.8, 4) is 0 Å². The molecule has 5 unspecified atom stereocenters. The lowest BCUT2D eigenvalue weighted by Gasteiger charge is -2.21. The van der Waals surface area contributed by atoms with Gasteiger partial charge in [-0.2, -0.15) is 0 Å². The van der Waals surface area contributed by atoms with Gasteiger partial charge in [0.15, 0.2) is 6.10 Å². The standard InChI is InChI=1S/C67H114O16P2/c1-4-7-10-13-16-19-22-24-26-27-28-29-30-31-32-33-35-37-39-41-44-47-50-53-65(70)77-56-62(68)57-79-84(73,74)80-58-63(69)59-81-85(75,76)82-61-64(83-67(72)55-52-49-46-43-38-21-18-15-12-9-6-3)60-78-66(71)54-51-48-45-42-40-36-34-25-23-20-17-14-11-8-5-2/h7-8,10-11,15-20,24-26,28-29,31-32,34,62-64,68-69H,4-6,9,12-14,21-23,27,30,33,35-61H2,1-3H3,(H,73,74)(H,75,76)/b10-7-,11-8-,18-15-,19-16-,20-17-,26-24-,29-28-,32-31-,34-25-. The van der Waals surface area contributed by atoms with Gasteiger partial charge in [0, 0.05) is 19.3 Å². The van der Waals surface area contributed by atoms with E-state index in [9.17, 15) is 43.5 Å². The molecule has 0 amide bonds. The SMILES string of the molecule is CC/C=C\C/C=C\C/C=C\C/C=C\C/C=C\CCCCCCCCCC(=O)OCC(O)COP(=O)(O)OCC(O)COP(=O)(O)OCC(COC(=O)CCCCCCC/C=C\C/C=C\C/C=C\CC)OC(=O)CCCCCCC/C=C\CCCC. The van der Waals surface area contributed by atoms with Crippen LogP contribution in [0, 0.1) is 0 Å². The largest absolute Gasteiger partial charge is 0.472 e. The van der Waals surface area contributed by atoms with Crippen LogP contribution in [-0.2, 0) is 55.8 Å². The average molecular weight is 1240 g/mol. The van der Waals surface area contributed by atoms with Crippen molar-refractivity contribution in [3.05, 3.63) is 109 Å². The topological polar surface area (TPSA) is 231 Å². The predicted octanol–water partition coefficient (Wildman–Crippen LogP) is 17.3. The quantitative estimate of drug-likeness (QED) is 0.0146. The van der Waals surface area contributed by atoms with Crippen molar-refractivity contribution in [1.29, 1.82) is 0 Å². The molecule has 0 saturated heterocycles. The first-order chi connectivity index (χ1) is 41.2. The Morgan fingerprint density at radius 2 is 0.624 bits per heavy atom. The number of aliphatic hydroxyl groups is 2. The number of phosphoric ester groups is 2. The summed E-state index contributed by atoms with van der Waals surface area (Å²) in [6, 6.07) is 0. The molecule has 0 radical (unpaired) electrons. The predicted molar refractivity (Wildman–Crippen MR) is 344 cm³/mol. The van der Waals surface area contributed by atoms with Gasteiger partial charge in [-0.25, -0.2) is 9.13 Å². The van der Waals surface area contributed by atoms with E-state index in [1.54, 1.807) is 0 Å². The van der Waals surface area contributed by atoms with Crippen molar-refractivity contribution in [1.82, 2.24) is 0 Å². The highest BCUT2D eigenvalue weighted by Gasteiger charge is 2.29. The van der Waals surface area contributed by atoms with Gasteiger partial charge < -0.3 is 34.2 Å². The van der Waals surface area contributed by atoms with E-state index < -0.39 is 91.5 Å². The summed E-state index contributed by atoms with van der Waals surface area (Å²) in [5.74, 6) is -1.62. The highest BCUT2D eigenvalue weighted by Crippen LogP contribution is 2.45. The third-order valence-electron chi connectivity index (χ3n) is 13.0. The van der Waals surface area contributed by atoms with Crippen LogP contribution >= 0.6 is 15.6 Å². The van der Waals surface area contributed by atoms with E-state index >= 15 is 0 Å². The summed E-state index contributed by atoms with van der Waals surface area (Å²) in [6.07, 6.45) is 65.9. The zero-order valence-electron chi connectivity index (χ0n) is 52.5. The molecule has 0 aromatic carbocycles. The minimum Gasteiger partial charge on any atom is -0.463 e. The molecule has 0 rings (SSSR count). The molecule has 0 aromatic rings. The van der Waals surface area contributed by atoms with Gasteiger partial charge in [-0.05, 0) is 116 Å². The second-order valence-corrected chi connectivity index (χ2v) is 24.1. The number of hydrogen-bond acceptors (Lipinski definition) is 14. The molecule has 0 aromatic heterocycles. The van der Waals surface area contributed by atoms with E-state index in [0.29, 0.717) is 19.3 Å². The van der Waals surface area contributed by atoms with E-state index in [-0.39, 0.29) is 19.3 Å². The van der Waals surface area contributed by atoms with Gasteiger partial charge in [0.2, 0.25) is 0 Å². The van der Waals surface area contributed by atoms with Crippen LogP contribution in [0.15, 0.2) is 109 Å². The van der Waals surface area contributed by atoms with Crippen LogP contribution in [0.1, 0.15) is 239 Å². The second-order valence-electron chi connectivity index (χ2n) is 21.1. The Morgan fingerprint density at radius 1 is 0.341 bits per heavy atom. The minimum atomic E-state index is -4.92. The Hall–Kier alpha value is -3.79. The maximum absolute atomic E-state index is 12.8. The molecule has 16 nitrogen and oxygen atoms in total. The van der Waals surface area contributed by atoms with Gasteiger partial charge in [-0.3, -0.25) is 32.5 Å². The lowest BCUT2D eigenvalue weighted by Crippen LogP contribution is -2.30. The van der Waals surface area contributed by atoms with Crippen molar-refractivity contribution in [3.63, 3.8) is 0 Å². The Balaban J connectivity index is 4.56. The van der Waals surface area contributed by atoms with Crippen LogP contribution in [0.4, 0.5) is 0 Å². The van der Waals surface area contributed by atoms with Crippen molar-refractivity contribution < 1.29 is 75.8 Å². The molecule has 0 fully saturated rings. The fourth-order valence-electron chi connectivity index (χ4n) is 8.06. The third kappa shape index (κ3) is 61.6. The first-order valence-corrected chi connectivity index (χ1v) is 35.2. The normalized spacial score (nSPS) is 15.0. The Labute approximate surface area is 513 Å². The summed E-state index contributed by atoms with van der Waals surface area (Å²) >= 11 is 0. The van der Waals surface area contributed by atoms with Crippen LogP contribution in [0.25, 0.3) is 0 Å². The maximum Gasteiger partial charge on any atom is 0.472 e. The molecule has 488 valence electrons. The lowest BCUT2D eigenvalue weighted by molar-refractivity contribution is -0.161. The minimum absolute atomic E-state index is 0.0883. The van der Waals surface area contributed by atoms with Crippen molar-refractivity contribution >= 4 is 33.6 Å². The molecule has 0 spiro atoms. The zero-order valence-corrected chi connectivity index (χ0v) is 54.3.